The Kier molecular flexibility index (Phi) is 3.17. The highest BCUT2D eigenvalue weighted by atomic mass is 127. The number of rotatable bonds is 1. The molecule has 1 aliphatic carbocycles. The van der Waals surface area contributed by atoms with E-state index in [0.29, 0.717) is 0 Å². The Bertz CT molecular complexity index is 542. The van der Waals surface area contributed by atoms with E-state index in [9.17, 15) is 0 Å². The Balaban J connectivity index is 2.09. The van der Waals surface area contributed by atoms with Crippen molar-refractivity contribution < 1.29 is 4.42 Å². The van der Waals surface area contributed by atoms with Crippen molar-refractivity contribution in [3.05, 3.63) is 44.2 Å². The minimum Gasteiger partial charge on any atom is -0.460 e. The zero-order chi connectivity index (χ0) is 11.8. The van der Waals surface area contributed by atoms with Gasteiger partial charge in [0.25, 0.3) is 0 Å². The number of hydrogen-bond donors (Lipinski definition) is 0. The molecule has 3 heteroatoms. The topological polar surface area (TPSA) is 13.1 Å². The van der Waals surface area contributed by atoms with Crippen LogP contribution in [0.2, 0.25) is 5.02 Å². The van der Waals surface area contributed by atoms with Crippen LogP contribution in [-0.2, 0) is 12.8 Å². The number of benzene rings is 1. The van der Waals surface area contributed by atoms with Gasteiger partial charge in [0.2, 0.25) is 0 Å². The molecule has 1 nitrogen and oxygen atoms in total. The molecule has 0 aliphatic heterocycles. The second-order valence-electron chi connectivity index (χ2n) is 4.36. The molecule has 3 rings (SSSR count). The molecule has 1 aromatic carbocycles. The second kappa shape index (κ2) is 4.65. The molecule has 0 amide bonds. The highest BCUT2D eigenvalue weighted by Crippen LogP contribution is 2.36. The predicted octanol–water partition coefficient (Wildman–Crippen LogP) is 5.08. The van der Waals surface area contributed by atoms with Crippen molar-refractivity contribution in [3.8, 4) is 11.3 Å². The zero-order valence-corrected chi connectivity index (χ0v) is 12.2. The highest BCUT2D eigenvalue weighted by Gasteiger charge is 2.21. The Hall–Kier alpha value is -0.480. The Morgan fingerprint density at radius 2 is 1.76 bits per heavy atom. The normalized spacial score (nSPS) is 14.7. The van der Waals surface area contributed by atoms with Gasteiger partial charge in [0, 0.05) is 22.6 Å². The van der Waals surface area contributed by atoms with Crippen molar-refractivity contribution in [2.75, 3.05) is 0 Å². The van der Waals surface area contributed by atoms with Crippen LogP contribution in [0.4, 0.5) is 0 Å². The van der Waals surface area contributed by atoms with Crippen LogP contribution in [0.3, 0.4) is 0 Å². The molecule has 1 aliphatic rings. The van der Waals surface area contributed by atoms with Gasteiger partial charge in [0.1, 0.15) is 11.5 Å². The van der Waals surface area contributed by atoms with Crippen molar-refractivity contribution in [2.24, 2.45) is 0 Å². The standard InChI is InChI=1S/C14H12ClIO/c15-10-7-5-9(6-8-10)14-13(16)11-3-1-2-4-12(11)17-14/h5-8H,1-4H2. The lowest BCUT2D eigenvalue weighted by atomic mass is 9.98. The third kappa shape index (κ3) is 2.13. The molecule has 0 N–H and O–H groups in total. The summed E-state index contributed by atoms with van der Waals surface area (Å²) in [4.78, 5) is 0. The maximum atomic E-state index is 6.01. The number of furan rings is 1. The van der Waals surface area contributed by atoms with Crippen molar-refractivity contribution in [1.29, 1.82) is 0 Å². The lowest BCUT2D eigenvalue weighted by Gasteiger charge is -2.08. The lowest BCUT2D eigenvalue weighted by Crippen LogP contribution is -1.99. The monoisotopic (exact) mass is 358 g/mol. The van der Waals surface area contributed by atoms with E-state index in [-0.39, 0.29) is 0 Å². The van der Waals surface area contributed by atoms with Gasteiger partial charge in [0.05, 0.1) is 3.57 Å². The van der Waals surface area contributed by atoms with E-state index in [4.69, 9.17) is 16.0 Å². The minimum absolute atomic E-state index is 0.764. The van der Waals surface area contributed by atoms with E-state index >= 15 is 0 Å². The number of aryl methyl sites for hydroxylation is 1. The maximum Gasteiger partial charge on any atom is 0.147 e. The molecule has 1 heterocycles. The first kappa shape index (κ1) is 11.6. The summed E-state index contributed by atoms with van der Waals surface area (Å²) >= 11 is 8.31. The summed E-state index contributed by atoms with van der Waals surface area (Å²) in [6.07, 6.45) is 4.77. The summed E-state index contributed by atoms with van der Waals surface area (Å²) in [6.45, 7) is 0. The van der Waals surface area contributed by atoms with Gasteiger partial charge in [-0.2, -0.15) is 0 Å². The third-order valence-electron chi connectivity index (χ3n) is 3.21. The molecule has 0 atom stereocenters. The SMILES string of the molecule is Clc1ccc(-c2oc3c(c2I)CCCC3)cc1. The molecule has 17 heavy (non-hydrogen) atoms. The smallest absolute Gasteiger partial charge is 0.147 e. The summed E-state index contributed by atoms with van der Waals surface area (Å²) < 4.78 is 7.29. The molecule has 0 bridgehead atoms. The van der Waals surface area contributed by atoms with Gasteiger partial charge in [-0.3, -0.25) is 0 Å². The van der Waals surface area contributed by atoms with Crippen LogP contribution in [0, 0.1) is 3.57 Å². The van der Waals surface area contributed by atoms with Crippen LogP contribution in [0.15, 0.2) is 28.7 Å². The summed E-state index contributed by atoms with van der Waals surface area (Å²) in [5.74, 6) is 2.19. The molecular formula is C14H12ClIO. The summed E-state index contributed by atoms with van der Waals surface area (Å²) in [7, 11) is 0. The first-order chi connectivity index (χ1) is 8.25. The van der Waals surface area contributed by atoms with Gasteiger partial charge in [-0.05, 0) is 66.1 Å². The zero-order valence-electron chi connectivity index (χ0n) is 9.30. The third-order valence-corrected chi connectivity index (χ3v) is 4.61. The summed E-state index contributed by atoms with van der Waals surface area (Å²) in [5.41, 5.74) is 2.54. The van der Waals surface area contributed by atoms with E-state index in [0.717, 1.165) is 29.2 Å². The van der Waals surface area contributed by atoms with Crippen molar-refractivity contribution in [1.82, 2.24) is 0 Å². The number of halogens is 2. The number of hydrogen-bond acceptors (Lipinski definition) is 1. The molecule has 88 valence electrons. The Morgan fingerprint density at radius 1 is 1.06 bits per heavy atom. The fraction of sp³-hybridized carbons (Fsp3) is 0.286. The lowest BCUT2D eigenvalue weighted by molar-refractivity contribution is 0.487. The molecular weight excluding hydrogens is 347 g/mol. The fourth-order valence-electron chi connectivity index (χ4n) is 2.31. The first-order valence-corrected chi connectivity index (χ1v) is 7.27. The molecule has 1 aromatic heterocycles. The van der Waals surface area contributed by atoms with Gasteiger partial charge >= 0.3 is 0 Å². The van der Waals surface area contributed by atoms with Crippen LogP contribution in [0.5, 0.6) is 0 Å². The fourth-order valence-corrected chi connectivity index (χ4v) is 3.43. The van der Waals surface area contributed by atoms with Crippen molar-refractivity contribution >= 4 is 34.2 Å². The molecule has 0 radical (unpaired) electrons. The molecule has 0 fully saturated rings. The average molecular weight is 359 g/mol. The van der Waals surface area contributed by atoms with Crippen molar-refractivity contribution in [2.45, 2.75) is 25.7 Å². The largest absolute Gasteiger partial charge is 0.460 e. The molecule has 0 saturated carbocycles. The van der Waals surface area contributed by atoms with Crippen LogP contribution >= 0.6 is 34.2 Å². The van der Waals surface area contributed by atoms with Crippen LogP contribution in [0.1, 0.15) is 24.2 Å². The first-order valence-electron chi connectivity index (χ1n) is 5.81. The molecule has 0 unspecified atom stereocenters. The number of fused-ring (bicyclic) bond motifs is 1. The maximum absolute atomic E-state index is 6.01. The van der Waals surface area contributed by atoms with Gasteiger partial charge in [-0.25, -0.2) is 0 Å². The molecule has 0 spiro atoms. The van der Waals surface area contributed by atoms with E-state index in [1.54, 1.807) is 0 Å². The van der Waals surface area contributed by atoms with E-state index in [2.05, 4.69) is 22.6 Å². The Morgan fingerprint density at radius 3 is 2.47 bits per heavy atom. The van der Waals surface area contributed by atoms with E-state index in [1.807, 2.05) is 24.3 Å². The minimum atomic E-state index is 0.764. The van der Waals surface area contributed by atoms with Crippen molar-refractivity contribution in [3.63, 3.8) is 0 Å². The van der Waals surface area contributed by atoms with Crippen LogP contribution < -0.4 is 0 Å². The Labute approximate surface area is 119 Å². The van der Waals surface area contributed by atoms with Crippen LogP contribution in [0.25, 0.3) is 11.3 Å². The quantitative estimate of drug-likeness (QED) is 0.648. The van der Waals surface area contributed by atoms with Gasteiger partial charge in [-0.1, -0.05) is 11.6 Å². The second-order valence-corrected chi connectivity index (χ2v) is 5.88. The van der Waals surface area contributed by atoms with Gasteiger partial charge in [0.15, 0.2) is 0 Å². The molecule has 0 saturated heterocycles. The molecule has 2 aromatic rings. The van der Waals surface area contributed by atoms with E-state index in [1.165, 1.54) is 27.7 Å². The van der Waals surface area contributed by atoms with Gasteiger partial charge in [-0.15, -0.1) is 0 Å². The predicted molar refractivity (Wildman–Crippen MR) is 78.5 cm³/mol. The van der Waals surface area contributed by atoms with Crippen LogP contribution in [-0.4, -0.2) is 0 Å². The summed E-state index contributed by atoms with van der Waals surface area (Å²) in [5, 5.41) is 0.764. The summed E-state index contributed by atoms with van der Waals surface area (Å²) in [6, 6.07) is 7.87. The van der Waals surface area contributed by atoms with Gasteiger partial charge < -0.3 is 4.42 Å². The average Bonchev–Trinajstić information content (AvgIpc) is 2.69. The van der Waals surface area contributed by atoms with E-state index < -0.39 is 0 Å². The highest BCUT2D eigenvalue weighted by molar-refractivity contribution is 14.1.